The smallest absolute Gasteiger partial charge is 0.176 e. The molecule has 0 fully saturated rings. The lowest BCUT2D eigenvalue weighted by Gasteiger charge is -1.98. The molecular formula is C5H9ClN4O. The van der Waals surface area contributed by atoms with E-state index in [1.54, 1.807) is 0 Å². The molecule has 1 aromatic heterocycles. The second-order valence-electron chi connectivity index (χ2n) is 2.04. The highest BCUT2D eigenvalue weighted by Gasteiger charge is 2.08. The zero-order chi connectivity index (χ0) is 8.43. The summed E-state index contributed by atoms with van der Waals surface area (Å²) in [5, 5.41) is 12.5. The van der Waals surface area contributed by atoms with Crippen LogP contribution in [0.3, 0.4) is 0 Å². The molecule has 1 aromatic rings. The lowest BCUT2D eigenvalue weighted by Crippen LogP contribution is -2.08. The van der Waals surface area contributed by atoms with Crippen LogP contribution in [-0.2, 0) is 6.54 Å². The Kier molecular flexibility index (Phi) is 2.21. The molecule has 0 radical (unpaired) electrons. The molecule has 5 nitrogen and oxygen atoms in total. The number of anilines is 2. The Morgan fingerprint density at radius 2 is 2.18 bits per heavy atom. The van der Waals surface area contributed by atoms with Crippen LogP contribution in [0.2, 0.25) is 5.15 Å². The van der Waals surface area contributed by atoms with Crippen LogP contribution in [0.5, 0.6) is 0 Å². The Balaban J connectivity index is 2.98. The summed E-state index contributed by atoms with van der Waals surface area (Å²) in [6.07, 6.45) is 0. The number of aromatic nitrogens is 2. The number of nitrogens with two attached hydrogens (primary N) is 2. The van der Waals surface area contributed by atoms with Gasteiger partial charge in [-0.2, -0.15) is 5.10 Å². The number of aliphatic hydroxyl groups is 1. The van der Waals surface area contributed by atoms with Crippen molar-refractivity contribution in [3.63, 3.8) is 0 Å². The fourth-order valence-corrected chi connectivity index (χ4v) is 0.912. The Labute approximate surface area is 68.5 Å². The first-order valence-electron chi connectivity index (χ1n) is 3.05. The normalized spacial score (nSPS) is 10.4. The minimum Gasteiger partial charge on any atom is -0.394 e. The van der Waals surface area contributed by atoms with Crippen LogP contribution < -0.4 is 11.5 Å². The van der Waals surface area contributed by atoms with E-state index in [4.69, 9.17) is 28.2 Å². The van der Waals surface area contributed by atoms with Crippen LogP contribution in [0.15, 0.2) is 0 Å². The third-order valence-electron chi connectivity index (χ3n) is 1.30. The Bertz CT molecular complexity index is 259. The van der Waals surface area contributed by atoms with Crippen LogP contribution in [0.25, 0.3) is 0 Å². The van der Waals surface area contributed by atoms with Gasteiger partial charge in [-0.05, 0) is 0 Å². The number of hydrogen-bond acceptors (Lipinski definition) is 4. The number of aliphatic hydroxyl groups excluding tert-OH is 1. The Morgan fingerprint density at radius 3 is 2.55 bits per heavy atom. The van der Waals surface area contributed by atoms with Crippen LogP contribution in [-0.4, -0.2) is 21.5 Å². The van der Waals surface area contributed by atoms with Crippen molar-refractivity contribution >= 4 is 23.1 Å². The highest BCUT2D eigenvalue weighted by Crippen LogP contribution is 2.23. The zero-order valence-corrected chi connectivity index (χ0v) is 6.54. The van der Waals surface area contributed by atoms with Gasteiger partial charge in [0.1, 0.15) is 11.5 Å². The summed E-state index contributed by atoms with van der Waals surface area (Å²) >= 11 is 5.55. The number of nitrogens with zero attached hydrogens (tertiary/aromatic N) is 2. The molecule has 0 atom stereocenters. The second kappa shape index (κ2) is 2.98. The average Bonchev–Trinajstić information content (AvgIpc) is 2.19. The molecule has 0 spiro atoms. The Hall–Kier alpha value is -0.940. The minimum atomic E-state index is -0.0400. The molecule has 5 N–H and O–H groups in total. The highest BCUT2D eigenvalue weighted by atomic mass is 35.5. The monoisotopic (exact) mass is 176 g/mol. The van der Waals surface area contributed by atoms with E-state index in [1.807, 2.05) is 0 Å². The van der Waals surface area contributed by atoms with Crippen molar-refractivity contribution in [2.45, 2.75) is 6.54 Å². The third kappa shape index (κ3) is 1.38. The van der Waals surface area contributed by atoms with Crippen LogP contribution in [0.4, 0.5) is 11.5 Å². The summed E-state index contributed by atoms with van der Waals surface area (Å²) in [6.45, 7) is 0.268. The van der Waals surface area contributed by atoms with E-state index in [0.717, 1.165) is 0 Å². The van der Waals surface area contributed by atoms with E-state index in [9.17, 15) is 0 Å². The van der Waals surface area contributed by atoms with Gasteiger partial charge in [-0.25, -0.2) is 4.68 Å². The maximum Gasteiger partial charge on any atom is 0.176 e. The lowest BCUT2D eigenvalue weighted by atomic mass is 10.5. The number of halogens is 1. The topological polar surface area (TPSA) is 90.1 Å². The zero-order valence-electron chi connectivity index (χ0n) is 5.79. The quantitative estimate of drug-likeness (QED) is 0.577. The van der Waals surface area contributed by atoms with Gasteiger partial charge in [0.05, 0.1) is 13.2 Å². The summed E-state index contributed by atoms with van der Waals surface area (Å²) in [6, 6.07) is 0. The van der Waals surface area contributed by atoms with E-state index < -0.39 is 0 Å². The summed E-state index contributed by atoms with van der Waals surface area (Å²) in [4.78, 5) is 0. The maximum absolute atomic E-state index is 8.54. The van der Waals surface area contributed by atoms with Gasteiger partial charge >= 0.3 is 0 Å². The van der Waals surface area contributed by atoms with Gasteiger partial charge in [0.2, 0.25) is 0 Å². The molecule has 1 rings (SSSR count). The standard InChI is InChI=1S/C5H9ClN4O/c6-4-3(7)5(8)10(9-4)1-2-11/h11H,1-2,7-8H2. The van der Waals surface area contributed by atoms with Crippen molar-refractivity contribution in [3.8, 4) is 0 Å². The molecule has 62 valence electrons. The molecule has 6 heteroatoms. The van der Waals surface area contributed by atoms with E-state index in [1.165, 1.54) is 4.68 Å². The summed E-state index contributed by atoms with van der Waals surface area (Å²) in [5.41, 5.74) is 11.1. The van der Waals surface area contributed by atoms with E-state index in [-0.39, 0.29) is 17.4 Å². The van der Waals surface area contributed by atoms with Crippen molar-refractivity contribution in [3.05, 3.63) is 5.15 Å². The summed E-state index contributed by atoms with van der Waals surface area (Å²) in [5.74, 6) is 0.295. The van der Waals surface area contributed by atoms with Crippen LogP contribution >= 0.6 is 11.6 Å². The van der Waals surface area contributed by atoms with Gasteiger partial charge in [0, 0.05) is 0 Å². The molecule has 0 unspecified atom stereocenters. The van der Waals surface area contributed by atoms with Crippen molar-refractivity contribution in [1.29, 1.82) is 0 Å². The molecule has 0 aliphatic carbocycles. The summed E-state index contributed by atoms with van der Waals surface area (Å²) < 4.78 is 1.36. The van der Waals surface area contributed by atoms with Crippen molar-refractivity contribution in [2.75, 3.05) is 18.1 Å². The Morgan fingerprint density at radius 1 is 1.55 bits per heavy atom. The lowest BCUT2D eigenvalue weighted by molar-refractivity contribution is 0.270. The van der Waals surface area contributed by atoms with E-state index in [2.05, 4.69) is 5.10 Å². The van der Waals surface area contributed by atoms with Gasteiger partial charge < -0.3 is 16.6 Å². The number of hydrogen-bond donors (Lipinski definition) is 3. The molecule has 0 bridgehead atoms. The molecular weight excluding hydrogens is 168 g/mol. The molecule has 0 aromatic carbocycles. The summed E-state index contributed by atoms with van der Waals surface area (Å²) in [7, 11) is 0. The fraction of sp³-hybridized carbons (Fsp3) is 0.400. The van der Waals surface area contributed by atoms with E-state index >= 15 is 0 Å². The second-order valence-corrected chi connectivity index (χ2v) is 2.39. The molecule has 0 aliphatic heterocycles. The fourth-order valence-electron chi connectivity index (χ4n) is 0.724. The van der Waals surface area contributed by atoms with Gasteiger partial charge in [0.25, 0.3) is 0 Å². The van der Waals surface area contributed by atoms with Gasteiger partial charge in [0.15, 0.2) is 5.15 Å². The highest BCUT2D eigenvalue weighted by molar-refractivity contribution is 6.32. The number of nitrogen functional groups attached to an aromatic ring is 2. The largest absolute Gasteiger partial charge is 0.394 e. The van der Waals surface area contributed by atoms with Crippen LogP contribution in [0.1, 0.15) is 0 Å². The average molecular weight is 177 g/mol. The van der Waals surface area contributed by atoms with E-state index in [0.29, 0.717) is 12.4 Å². The molecule has 0 amide bonds. The van der Waals surface area contributed by atoms with Crippen LogP contribution in [0, 0.1) is 0 Å². The molecule has 0 saturated heterocycles. The third-order valence-corrected chi connectivity index (χ3v) is 1.58. The SMILES string of the molecule is Nc1c(Cl)nn(CCO)c1N. The molecule has 0 aliphatic rings. The predicted molar refractivity (Wildman–Crippen MR) is 43.1 cm³/mol. The molecule has 1 heterocycles. The first-order valence-corrected chi connectivity index (χ1v) is 3.42. The van der Waals surface area contributed by atoms with Crippen molar-refractivity contribution in [2.24, 2.45) is 0 Å². The van der Waals surface area contributed by atoms with Gasteiger partial charge in [-0.3, -0.25) is 0 Å². The van der Waals surface area contributed by atoms with Crippen molar-refractivity contribution < 1.29 is 5.11 Å². The number of rotatable bonds is 2. The molecule has 11 heavy (non-hydrogen) atoms. The maximum atomic E-state index is 8.54. The predicted octanol–water partition coefficient (Wildman–Crippen LogP) is -0.307. The first kappa shape index (κ1) is 8.16. The van der Waals surface area contributed by atoms with Crippen molar-refractivity contribution in [1.82, 2.24) is 9.78 Å². The van der Waals surface area contributed by atoms with Gasteiger partial charge in [-0.15, -0.1) is 0 Å². The van der Waals surface area contributed by atoms with Gasteiger partial charge in [-0.1, -0.05) is 11.6 Å². The first-order chi connectivity index (χ1) is 5.16. The molecule has 0 saturated carbocycles. The minimum absolute atomic E-state index is 0.0400.